The van der Waals surface area contributed by atoms with Crippen molar-refractivity contribution in [3.05, 3.63) is 34.5 Å². The zero-order valence-corrected chi connectivity index (χ0v) is 12.1. The first-order chi connectivity index (χ1) is 8.95. The summed E-state index contributed by atoms with van der Waals surface area (Å²) >= 11 is 11.1. The van der Waals surface area contributed by atoms with Gasteiger partial charge in [-0.25, -0.2) is 0 Å². The Kier molecular flexibility index (Phi) is 3.78. The van der Waals surface area contributed by atoms with E-state index in [9.17, 15) is 9.90 Å². The molecule has 1 heterocycles. The van der Waals surface area contributed by atoms with Crippen molar-refractivity contribution in [1.29, 1.82) is 0 Å². The Bertz CT molecular complexity index is 586. The average molecular weight is 297 g/mol. The molecule has 1 aliphatic rings. The van der Waals surface area contributed by atoms with Gasteiger partial charge in [-0.05, 0) is 43.4 Å². The summed E-state index contributed by atoms with van der Waals surface area (Å²) in [5.74, 6) is -0.103. The van der Waals surface area contributed by atoms with E-state index in [2.05, 4.69) is 0 Å². The number of hydrogen-bond acceptors (Lipinski definition) is 3. The molecule has 1 aliphatic heterocycles. The highest BCUT2D eigenvalue weighted by molar-refractivity contribution is 7.80. The van der Waals surface area contributed by atoms with E-state index < -0.39 is 0 Å². The van der Waals surface area contributed by atoms with Crippen LogP contribution in [0.1, 0.15) is 12.5 Å². The molecule has 0 bridgehead atoms. The maximum atomic E-state index is 12.2. The van der Waals surface area contributed by atoms with Crippen molar-refractivity contribution in [2.75, 3.05) is 13.6 Å². The highest BCUT2D eigenvalue weighted by Gasteiger charge is 2.34. The van der Waals surface area contributed by atoms with Crippen LogP contribution >= 0.6 is 23.8 Å². The molecule has 0 spiro atoms. The Morgan fingerprint density at radius 2 is 2.16 bits per heavy atom. The summed E-state index contributed by atoms with van der Waals surface area (Å²) in [5, 5.41) is 10.7. The fraction of sp³-hybridized carbons (Fsp3) is 0.231. The van der Waals surface area contributed by atoms with Gasteiger partial charge in [0, 0.05) is 24.2 Å². The third-order valence-electron chi connectivity index (χ3n) is 2.94. The van der Waals surface area contributed by atoms with Gasteiger partial charge in [-0.15, -0.1) is 0 Å². The van der Waals surface area contributed by atoms with Crippen LogP contribution in [0.5, 0.6) is 5.75 Å². The Morgan fingerprint density at radius 1 is 1.47 bits per heavy atom. The highest BCUT2D eigenvalue weighted by atomic mass is 35.5. The van der Waals surface area contributed by atoms with Gasteiger partial charge < -0.3 is 10.0 Å². The van der Waals surface area contributed by atoms with Crippen LogP contribution in [0.2, 0.25) is 5.02 Å². The quantitative estimate of drug-likeness (QED) is 0.672. The summed E-state index contributed by atoms with van der Waals surface area (Å²) in [4.78, 5) is 15.3. The number of rotatable bonds is 2. The van der Waals surface area contributed by atoms with Gasteiger partial charge in [-0.3, -0.25) is 9.69 Å². The van der Waals surface area contributed by atoms with Gasteiger partial charge in [0.1, 0.15) is 11.4 Å². The van der Waals surface area contributed by atoms with Crippen LogP contribution in [0, 0.1) is 0 Å². The summed E-state index contributed by atoms with van der Waals surface area (Å²) in [7, 11) is 1.73. The molecular weight excluding hydrogens is 284 g/mol. The summed E-state index contributed by atoms with van der Waals surface area (Å²) < 4.78 is 0. The largest absolute Gasteiger partial charge is 0.507 e. The number of phenolic OH excluding ortho intramolecular Hbond substituents is 1. The summed E-state index contributed by atoms with van der Waals surface area (Å²) in [6.07, 6.45) is 1.59. The lowest BCUT2D eigenvalue weighted by atomic mass is 10.1. The summed E-state index contributed by atoms with van der Waals surface area (Å²) in [6, 6.07) is 4.68. The molecular formula is C13H13ClN2O2S. The Balaban J connectivity index is 2.46. The standard InChI is InChI=1S/C13H13ClN2O2S/c1-3-16-12(18)10(15(2)13(16)19)7-8-6-9(14)4-5-11(8)17/h4-7,17H,3H2,1-2H3. The second-order valence-electron chi connectivity index (χ2n) is 4.12. The van der Waals surface area contributed by atoms with Crippen molar-refractivity contribution in [3.8, 4) is 5.75 Å². The second kappa shape index (κ2) is 5.19. The van der Waals surface area contributed by atoms with Crippen LogP contribution in [-0.2, 0) is 4.79 Å². The fourth-order valence-corrected chi connectivity index (χ4v) is 2.37. The first kappa shape index (κ1) is 13.8. The van der Waals surface area contributed by atoms with Gasteiger partial charge >= 0.3 is 0 Å². The lowest BCUT2D eigenvalue weighted by Gasteiger charge is -2.13. The fourth-order valence-electron chi connectivity index (χ4n) is 1.88. The molecule has 0 radical (unpaired) electrons. The molecule has 4 nitrogen and oxygen atoms in total. The number of benzene rings is 1. The van der Waals surface area contributed by atoms with E-state index in [1.54, 1.807) is 30.2 Å². The van der Waals surface area contributed by atoms with Crippen molar-refractivity contribution in [2.24, 2.45) is 0 Å². The minimum atomic E-state index is -0.172. The van der Waals surface area contributed by atoms with E-state index in [4.69, 9.17) is 23.8 Å². The molecule has 0 unspecified atom stereocenters. The van der Waals surface area contributed by atoms with Gasteiger partial charge in [0.25, 0.3) is 5.91 Å². The maximum Gasteiger partial charge on any atom is 0.276 e. The number of amides is 1. The number of hydrogen-bond donors (Lipinski definition) is 1. The van der Waals surface area contributed by atoms with Gasteiger partial charge in [-0.1, -0.05) is 11.6 Å². The predicted molar refractivity (Wildman–Crippen MR) is 78.8 cm³/mol. The molecule has 0 atom stereocenters. The number of likely N-dealkylation sites (N-methyl/N-ethyl adjacent to an activating group) is 2. The van der Waals surface area contributed by atoms with E-state index >= 15 is 0 Å². The first-order valence-electron chi connectivity index (χ1n) is 5.75. The number of aromatic hydroxyl groups is 1. The number of halogens is 1. The molecule has 1 amide bonds. The van der Waals surface area contributed by atoms with Crippen LogP contribution in [-0.4, -0.2) is 39.5 Å². The monoisotopic (exact) mass is 296 g/mol. The van der Waals surface area contributed by atoms with Crippen molar-refractivity contribution >= 4 is 40.9 Å². The molecule has 100 valence electrons. The van der Waals surface area contributed by atoms with Crippen LogP contribution < -0.4 is 0 Å². The van der Waals surface area contributed by atoms with E-state index in [0.717, 1.165) is 0 Å². The van der Waals surface area contributed by atoms with Crippen LogP contribution in [0.15, 0.2) is 23.9 Å². The lowest BCUT2D eigenvalue weighted by Crippen LogP contribution is -2.30. The van der Waals surface area contributed by atoms with Gasteiger partial charge in [0.2, 0.25) is 0 Å². The van der Waals surface area contributed by atoms with Crippen LogP contribution in [0.3, 0.4) is 0 Å². The maximum absolute atomic E-state index is 12.2. The molecule has 1 N–H and O–H groups in total. The highest BCUT2D eigenvalue weighted by Crippen LogP contribution is 2.27. The van der Waals surface area contributed by atoms with Gasteiger partial charge in [0.05, 0.1) is 0 Å². The number of phenols is 1. The average Bonchev–Trinajstić information content (AvgIpc) is 2.57. The lowest BCUT2D eigenvalue weighted by molar-refractivity contribution is -0.122. The SMILES string of the molecule is CCN1C(=O)C(=Cc2cc(Cl)ccc2O)N(C)C1=S. The molecule has 0 saturated carbocycles. The van der Waals surface area contributed by atoms with E-state index in [-0.39, 0.29) is 11.7 Å². The minimum Gasteiger partial charge on any atom is -0.507 e. The molecule has 19 heavy (non-hydrogen) atoms. The summed E-state index contributed by atoms with van der Waals surface area (Å²) in [5.41, 5.74) is 0.910. The Hall–Kier alpha value is -1.59. The van der Waals surface area contributed by atoms with E-state index in [1.165, 1.54) is 11.0 Å². The zero-order valence-electron chi connectivity index (χ0n) is 10.6. The zero-order chi connectivity index (χ0) is 14.2. The van der Waals surface area contributed by atoms with Gasteiger partial charge in [-0.2, -0.15) is 0 Å². The van der Waals surface area contributed by atoms with E-state index in [0.29, 0.717) is 27.9 Å². The van der Waals surface area contributed by atoms with Crippen molar-refractivity contribution in [1.82, 2.24) is 9.80 Å². The molecule has 1 aromatic carbocycles. The topological polar surface area (TPSA) is 43.8 Å². The number of nitrogens with zero attached hydrogens (tertiary/aromatic N) is 2. The molecule has 2 rings (SSSR count). The van der Waals surface area contributed by atoms with Crippen molar-refractivity contribution in [3.63, 3.8) is 0 Å². The molecule has 6 heteroatoms. The third-order valence-corrected chi connectivity index (χ3v) is 3.67. The number of carbonyl (C=O) groups is 1. The Morgan fingerprint density at radius 3 is 2.74 bits per heavy atom. The first-order valence-corrected chi connectivity index (χ1v) is 6.54. The van der Waals surface area contributed by atoms with E-state index in [1.807, 2.05) is 6.92 Å². The third kappa shape index (κ3) is 2.43. The predicted octanol–water partition coefficient (Wildman–Crippen LogP) is 2.47. The Labute approximate surface area is 121 Å². The summed E-state index contributed by atoms with van der Waals surface area (Å²) in [6.45, 7) is 2.37. The molecule has 1 fully saturated rings. The van der Waals surface area contributed by atoms with Gasteiger partial charge in [0.15, 0.2) is 5.11 Å². The normalized spacial score (nSPS) is 17.7. The van der Waals surface area contributed by atoms with Crippen LogP contribution in [0.25, 0.3) is 6.08 Å². The number of thiocarbonyl (C=S) groups is 1. The second-order valence-corrected chi connectivity index (χ2v) is 4.93. The molecule has 1 saturated heterocycles. The molecule has 0 aromatic heterocycles. The molecule has 0 aliphatic carbocycles. The smallest absolute Gasteiger partial charge is 0.276 e. The van der Waals surface area contributed by atoms with Crippen molar-refractivity contribution in [2.45, 2.75) is 6.92 Å². The minimum absolute atomic E-state index is 0.0685. The van der Waals surface area contributed by atoms with Crippen LogP contribution in [0.4, 0.5) is 0 Å². The molecule has 1 aromatic rings. The van der Waals surface area contributed by atoms with Crippen molar-refractivity contribution < 1.29 is 9.90 Å². The number of carbonyl (C=O) groups excluding carboxylic acids is 1.